The molecule has 0 aliphatic carbocycles. The second-order valence-corrected chi connectivity index (χ2v) is 6.81. The number of aromatic nitrogens is 2. The van der Waals surface area contributed by atoms with Gasteiger partial charge in [-0.25, -0.2) is 0 Å². The fourth-order valence-corrected chi connectivity index (χ4v) is 2.21. The van der Waals surface area contributed by atoms with Crippen molar-refractivity contribution in [1.82, 2.24) is 15.5 Å². The molecule has 1 heterocycles. The van der Waals surface area contributed by atoms with Crippen molar-refractivity contribution in [2.45, 2.75) is 46.6 Å². The summed E-state index contributed by atoms with van der Waals surface area (Å²) in [6.07, 6.45) is 0.897. The zero-order chi connectivity index (χ0) is 13.8. The zero-order valence-corrected chi connectivity index (χ0v) is 12.5. The van der Waals surface area contributed by atoms with E-state index in [2.05, 4.69) is 34.7 Å². The Morgan fingerprint density at radius 3 is 2.56 bits per heavy atom. The van der Waals surface area contributed by atoms with E-state index in [-0.39, 0.29) is 18.0 Å². The summed E-state index contributed by atoms with van der Waals surface area (Å²) in [6.45, 7) is 10.6. The summed E-state index contributed by atoms with van der Waals surface area (Å²) in [5, 5.41) is 15.4. The first-order valence-corrected chi connectivity index (χ1v) is 6.95. The second kappa shape index (κ2) is 6.24. The lowest BCUT2D eigenvalue weighted by atomic mass is 10.1. The van der Waals surface area contributed by atoms with Crippen LogP contribution < -0.4 is 10.6 Å². The first-order valence-electron chi connectivity index (χ1n) is 6.13. The van der Waals surface area contributed by atoms with Gasteiger partial charge in [-0.05, 0) is 26.7 Å². The topological polar surface area (TPSA) is 66.9 Å². The molecule has 6 heteroatoms. The number of anilines is 1. The Bertz CT molecular complexity index is 395. The van der Waals surface area contributed by atoms with Gasteiger partial charge >= 0.3 is 0 Å². The van der Waals surface area contributed by atoms with Gasteiger partial charge in [-0.15, -0.1) is 10.2 Å². The average Bonchev–Trinajstić information content (AvgIpc) is 2.60. The Morgan fingerprint density at radius 2 is 2.00 bits per heavy atom. The van der Waals surface area contributed by atoms with Crippen molar-refractivity contribution in [2.24, 2.45) is 5.92 Å². The quantitative estimate of drug-likeness (QED) is 0.859. The van der Waals surface area contributed by atoms with Crippen molar-refractivity contribution >= 4 is 22.4 Å². The van der Waals surface area contributed by atoms with E-state index in [0.717, 1.165) is 11.4 Å². The van der Waals surface area contributed by atoms with E-state index in [1.807, 2.05) is 20.8 Å². The van der Waals surface area contributed by atoms with Crippen LogP contribution in [0.5, 0.6) is 0 Å². The summed E-state index contributed by atoms with van der Waals surface area (Å²) in [7, 11) is 0. The molecule has 1 aromatic heterocycles. The number of hydrogen-bond donors (Lipinski definition) is 2. The van der Waals surface area contributed by atoms with Gasteiger partial charge in [-0.3, -0.25) is 10.1 Å². The van der Waals surface area contributed by atoms with Crippen LogP contribution in [0.1, 0.15) is 39.6 Å². The maximum Gasteiger partial charge on any atom is 0.240 e. The normalized spacial score (nSPS) is 11.9. The van der Waals surface area contributed by atoms with Crippen LogP contribution in [0.4, 0.5) is 5.13 Å². The van der Waals surface area contributed by atoms with E-state index in [1.54, 1.807) is 0 Å². The molecule has 1 amide bonds. The molecule has 0 saturated heterocycles. The molecule has 0 atom stereocenters. The van der Waals surface area contributed by atoms with Gasteiger partial charge in [0.1, 0.15) is 5.01 Å². The van der Waals surface area contributed by atoms with Gasteiger partial charge in [0.2, 0.25) is 11.0 Å². The van der Waals surface area contributed by atoms with Gasteiger partial charge in [0.25, 0.3) is 0 Å². The lowest BCUT2D eigenvalue weighted by molar-refractivity contribution is -0.115. The van der Waals surface area contributed by atoms with Crippen LogP contribution in [0, 0.1) is 5.92 Å². The van der Waals surface area contributed by atoms with E-state index < -0.39 is 0 Å². The highest BCUT2D eigenvalue weighted by Crippen LogP contribution is 2.17. The minimum absolute atomic E-state index is 0.0682. The summed E-state index contributed by atoms with van der Waals surface area (Å²) in [4.78, 5) is 11.7. The van der Waals surface area contributed by atoms with Crippen LogP contribution in [0.2, 0.25) is 0 Å². The highest BCUT2D eigenvalue weighted by molar-refractivity contribution is 7.15. The third-order valence-electron chi connectivity index (χ3n) is 2.08. The molecular formula is C12H22N4OS. The van der Waals surface area contributed by atoms with Crippen LogP contribution in [0.15, 0.2) is 0 Å². The highest BCUT2D eigenvalue weighted by Gasteiger charge is 2.13. The molecule has 18 heavy (non-hydrogen) atoms. The summed E-state index contributed by atoms with van der Waals surface area (Å²) in [6, 6.07) is 0. The SMILES string of the molecule is CC(C)Cc1nnc(NC(=O)CNC(C)(C)C)s1. The average molecular weight is 270 g/mol. The Balaban J connectivity index is 2.42. The number of hydrogen-bond acceptors (Lipinski definition) is 5. The van der Waals surface area contributed by atoms with E-state index in [4.69, 9.17) is 0 Å². The van der Waals surface area contributed by atoms with Gasteiger partial charge in [0, 0.05) is 12.0 Å². The monoisotopic (exact) mass is 270 g/mol. The predicted octanol–water partition coefficient (Wildman–Crippen LogP) is 2.06. The molecule has 0 radical (unpaired) electrons. The van der Waals surface area contributed by atoms with Crippen molar-refractivity contribution < 1.29 is 4.79 Å². The summed E-state index contributed by atoms with van der Waals surface area (Å²) in [5.41, 5.74) is -0.0682. The largest absolute Gasteiger partial charge is 0.304 e. The van der Waals surface area contributed by atoms with E-state index in [9.17, 15) is 4.79 Å². The lowest BCUT2D eigenvalue weighted by Gasteiger charge is -2.19. The number of carbonyl (C=O) groups excluding carboxylic acids is 1. The standard InChI is InChI=1S/C12H22N4OS/c1-8(2)6-10-15-16-11(18-10)14-9(17)7-13-12(3,4)5/h8,13H,6-7H2,1-5H3,(H,14,16,17). The Kier molecular flexibility index (Phi) is 5.22. The van der Waals surface area contributed by atoms with E-state index in [0.29, 0.717) is 11.0 Å². The van der Waals surface area contributed by atoms with Crippen LogP contribution in [0.25, 0.3) is 0 Å². The molecule has 0 unspecified atom stereocenters. The molecule has 2 N–H and O–H groups in total. The lowest BCUT2D eigenvalue weighted by Crippen LogP contribution is -2.41. The van der Waals surface area contributed by atoms with Crippen LogP contribution >= 0.6 is 11.3 Å². The van der Waals surface area contributed by atoms with Gasteiger partial charge in [-0.2, -0.15) is 0 Å². The van der Waals surface area contributed by atoms with Gasteiger partial charge < -0.3 is 5.32 Å². The molecule has 0 aliphatic rings. The second-order valence-electron chi connectivity index (χ2n) is 5.75. The first kappa shape index (κ1) is 15.0. The number of carbonyl (C=O) groups is 1. The Hall–Kier alpha value is -1.01. The van der Waals surface area contributed by atoms with Crippen LogP contribution in [-0.4, -0.2) is 28.2 Å². The minimum Gasteiger partial charge on any atom is -0.304 e. The van der Waals surface area contributed by atoms with Crippen molar-refractivity contribution in [3.05, 3.63) is 5.01 Å². The van der Waals surface area contributed by atoms with E-state index in [1.165, 1.54) is 11.3 Å². The van der Waals surface area contributed by atoms with Gasteiger partial charge in [-0.1, -0.05) is 25.2 Å². The number of nitrogens with one attached hydrogen (secondary N) is 2. The highest BCUT2D eigenvalue weighted by atomic mass is 32.1. The van der Waals surface area contributed by atoms with Crippen molar-refractivity contribution in [1.29, 1.82) is 0 Å². The van der Waals surface area contributed by atoms with Crippen molar-refractivity contribution in [3.8, 4) is 0 Å². The molecule has 0 aromatic carbocycles. The predicted molar refractivity (Wildman–Crippen MR) is 74.8 cm³/mol. The molecule has 0 aliphatic heterocycles. The van der Waals surface area contributed by atoms with Crippen LogP contribution in [0.3, 0.4) is 0 Å². The van der Waals surface area contributed by atoms with Gasteiger partial charge in [0.15, 0.2) is 0 Å². The maximum atomic E-state index is 11.7. The summed E-state index contributed by atoms with van der Waals surface area (Å²) < 4.78 is 0. The van der Waals surface area contributed by atoms with Gasteiger partial charge in [0.05, 0.1) is 6.54 Å². The van der Waals surface area contributed by atoms with Crippen LogP contribution in [-0.2, 0) is 11.2 Å². The smallest absolute Gasteiger partial charge is 0.240 e. The molecule has 0 bridgehead atoms. The van der Waals surface area contributed by atoms with Crippen molar-refractivity contribution in [2.75, 3.05) is 11.9 Å². The third-order valence-corrected chi connectivity index (χ3v) is 2.94. The first-order chi connectivity index (χ1) is 8.26. The number of rotatable bonds is 5. The molecule has 1 rings (SSSR count). The molecule has 0 spiro atoms. The number of amides is 1. The van der Waals surface area contributed by atoms with Crippen molar-refractivity contribution in [3.63, 3.8) is 0 Å². The zero-order valence-electron chi connectivity index (χ0n) is 11.7. The fourth-order valence-electron chi connectivity index (χ4n) is 1.24. The fraction of sp³-hybridized carbons (Fsp3) is 0.750. The maximum absolute atomic E-state index is 11.7. The summed E-state index contributed by atoms with van der Waals surface area (Å²) in [5.74, 6) is 0.459. The molecule has 0 fully saturated rings. The summed E-state index contributed by atoms with van der Waals surface area (Å²) >= 11 is 1.44. The molecule has 102 valence electrons. The third kappa shape index (κ3) is 6.07. The molecule has 5 nitrogen and oxygen atoms in total. The minimum atomic E-state index is -0.0860. The van der Waals surface area contributed by atoms with E-state index >= 15 is 0 Å². The molecule has 0 saturated carbocycles. The number of nitrogens with zero attached hydrogens (tertiary/aromatic N) is 2. The Morgan fingerprint density at radius 1 is 1.33 bits per heavy atom. The molecular weight excluding hydrogens is 248 g/mol. The Labute approximate surface area is 112 Å². The molecule has 1 aromatic rings.